The van der Waals surface area contributed by atoms with Gasteiger partial charge in [-0.15, -0.1) is 0 Å². The lowest BCUT2D eigenvalue weighted by Crippen LogP contribution is -2.40. The summed E-state index contributed by atoms with van der Waals surface area (Å²) in [7, 11) is -7.89. The van der Waals surface area contributed by atoms with E-state index in [1.54, 1.807) is 6.92 Å². The Bertz CT molecular complexity index is 681. The molecule has 1 aromatic carbocycles. The van der Waals surface area contributed by atoms with Crippen LogP contribution in [-0.4, -0.2) is 34.1 Å². The number of hydrogen-bond donors (Lipinski definition) is 3. The highest BCUT2D eigenvalue weighted by molar-refractivity contribution is 7.90. The summed E-state index contributed by atoms with van der Waals surface area (Å²) in [5.41, 5.74) is -1.18. The molecule has 0 saturated heterocycles. The maximum Gasteiger partial charge on any atom is 0.240 e. The lowest BCUT2D eigenvalue weighted by Gasteiger charge is -2.21. The maximum absolute atomic E-state index is 12.0. The van der Waals surface area contributed by atoms with Gasteiger partial charge in [0, 0.05) is 6.54 Å². The van der Waals surface area contributed by atoms with E-state index in [4.69, 9.17) is 5.14 Å². The summed E-state index contributed by atoms with van der Waals surface area (Å²) in [6.07, 6.45) is 0.368. The normalized spacial score (nSPS) is 15.8. The fourth-order valence-electron chi connectivity index (χ4n) is 1.28. The predicted molar refractivity (Wildman–Crippen MR) is 73.9 cm³/mol. The van der Waals surface area contributed by atoms with Crippen molar-refractivity contribution in [2.45, 2.75) is 35.7 Å². The summed E-state index contributed by atoms with van der Waals surface area (Å²) in [5.74, 6) is 0. The van der Waals surface area contributed by atoms with Crippen LogP contribution >= 0.6 is 0 Å². The van der Waals surface area contributed by atoms with Gasteiger partial charge in [-0.3, -0.25) is 0 Å². The maximum atomic E-state index is 12.0. The Balaban J connectivity index is 3.05. The zero-order chi connectivity index (χ0) is 15.6. The molecule has 1 rings (SSSR count). The molecule has 7 nitrogen and oxygen atoms in total. The zero-order valence-electron chi connectivity index (χ0n) is 11.2. The number of aliphatic hydroxyl groups is 1. The summed E-state index contributed by atoms with van der Waals surface area (Å²) in [6, 6.07) is 4.71. The molecule has 1 aromatic rings. The van der Waals surface area contributed by atoms with Crippen LogP contribution in [0.15, 0.2) is 34.1 Å². The molecule has 0 amide bonds. The highest BCUT2D eigenvalue weighted by Crippen LogP contribution is 2.15. The Hall–Kier alpha value is -1.00. The molecule has 20 heavy (non-hydrogen) atoms. The number of primary sulfonamides is 1. The molecule has 0 heterocycles. The zero-order valence-corrected chi connectivity index (χ0v) is 12.8. The minimum absolute atomic E-state index is 0.175. The molecule has 1 atom stereocenters. The van der Waals surface area contributed by atoms with Crippen LogP contribution in [0, 0.1) is 0 Å². The third-order valence-corrected chi connectivity index (χ3v) is 5.16. The largest absolute Gasteiger partial charge is 0.389 e. The van der Waals surface area contributed by atoms with Crippen molar-refractivity contribution in [1.29, 1.82) is 0 Å². The molecule has 0 bridgehead atoms. The van der Waals surface area contributed by atoms with Gasteiger partial charge in [-0.2, -0.15) is 0 Å². The van der Waals surface area contributed by atoms with Crippen LogP contribution in [0.3, 0.4) is 0 Å². The van der Waals surface area contributed by atoms with E-state index in [0.29, 0.717) is 6.42 Å². The third-order valence-electron chi connectivity index (χ3n) is 2.85. The van der Waals surface area contributed by atoms with Crippen molar-refractivity contribution in [2.75, 3.05) is 6.54 Å². The molecule has 0 saturated carbocycles. The van der Waals surface area contributed by atoms with Gasteiger partial charge < -0.3 is 5.11 Å². The molecule has 0 aliphatic carbocycles. The third kappa shape index (κ3) is 4.53. The summed E-state index contributed by atoms with van der Waals surface area (Å²) in [5, 5.41) is 14.7. The number of benzene rings is 1. The van der Waals surface area contributed by atoms with Gasteiger partial charge in [0.2, 0.25) is 20.0 Å². The Morgan fingerprint density at radius 2 is 1.80 bits per heavy atom. The number of nitrogens with one attached hydrogen (secondary N) is 1. The van der Waals surface area contributed by atoms with Gasteiger partial charge >= 0.3 is 0 Å². The monoisotopic (exact) mass is 322 g/mol. The number of rotatable bonds is 6. The summed E-state index contributed by atoms with van der Waals surface area (Å²) < 4.78 is 48.7. The number of sulfonamides is 2. The second-order valence-corrected chi connectivity index (χ2v) is 8.02. The molecular formula is C11H18N2O5S2. The van der Waals surface area contributed by atoms with E-state index < -0.39 is 25.6 Å². The first-order valence-corrected chi connectivity index (χ1v) is 8.86. The van der Waals surface area contributed by atoms with E-state index in [0.717, 1.165) is 6.07 Å². The van der Waals surface area contributed by atoms with Gasteiger partial charge in [0.25, 0.3) is 0 Å². The predicted octanol–water partition coefficient (Wildman–Crippen LogP) is -0.227. The van der Waals surface area contributed by atoms with E-state index in [-0.39, 0.29) is 16.3 Å². The van der Waals surface area contributed by atoms with Crippen molar-refractivity contribution in [1.82, 2.24) is 4.72 Å². The van der Waals surface area contributed by atoms with Crippen LogP contribution < -0.4 is 9.86 Å². The van der Waals surface area contributed by atoms with E-state index >= 15 is 0 Å². The van der Waals surface area contributed by atoms with E-state index in [1.165, 1.54) is 25.1 Å². The fraction of sp³-hybridized carbons (Fsp3) is 0.455. The van der Waals surface area contributed by atoms with Gasteiger partial charge in [-0.25, -0.2) is 26.7 Å². The molecule has 9 heteroatoms. The van der Waals surface area contributed by atoms with Gasteiger partial charge in [-0.05, 0) is 31.5 Å². The van der Waals surface area contributed by atoms with Crippen LogP contribution in [0.2, 0.25) is 0 Å². The minimum atomic E-state index is -3.98. The molecule has 0 aliphatic heterocycles. The SMILES string of the molecule is CCC(C)(O)CNS(=O)(=O)c1cccc(S(N)(=O)=O)c1. The Morgan fingerprint density at radius 3 is 2.30 bits per heavy atom. The lowest BCUT2D eigenvalue weighted by molar-refractivity contribution is 0.0613. The molecule has 0 fully saturated rings. The molecular weight excluding hydrogens is 304 g/mol. The van der Waals surface area contributed by atoms with E-state index in [9.17, 15) is 21.9 Å². The van der Waals surface area contributed by atoms with Crippen LogP contribution in [0.25, 0.3) is 0 Å². The summed E-state index contributed by atoms with van der Waals surface area (Å²) in [6.45, 7) is 3.04. The van der Waals surface area contributed by atoms with Crippen molar-refractivity contribution in [3.05, 3.63) is 24.3 Å². The van der Waals surface area contributed by atoms with Crippen LogP contribution in [0.5, 0.6) is 0 Å². The topological polar surface area (TPSA) is 127 Å². The molecule has 1 unspecified atom stereocenters. The number of nitrogens with two attached hydrogens (primary N) is 1. The quantitative estimate of drug-likeness (QED) is 0.667. The van der Waals surface area contributed by atoms with Crippen LogP contribution in [0.1, 0.15) is 20.3 Å². The van der Waals surface area contributed by atoms with Gasteiger partial charge in [0.1, 0.15) is 0 Å². The van der Waals surface area contributed by atoms with E-state index in [2.05, 4.69) is 4.72 Å². The van der Waals surface area contributed by atoms with Crippen molar-refractivity contribution in [3.63, 3.8) is 0 Å². The average molecular weight is 322 g/mol. The average Bonchev–Trinajstić information content (AvgIpc) is 2.36. The van der Waals surface area contributed by atoms with Crippen molar-refractivity contribution in [3.8, 4) is 0 Å². The van der Waals surface area contributed by atoms with Crippen molar-refractivity contribution >= 4 is 20.0 Å². The van der Waals surface area contributed by atoms with Crippen molar-refractivity contribution < 1.29 is 21.9 Å². The molecule has 0 aliphatic rings. The van der Waals surface area contributed by atoms with E-state index in [1.807, 2.05) is 0 Å². The van der Waals surface area contributed by atoms with Gasteiger partial charge in [0.15, 0.2) is 0 Å². The van der Waals surface area contributed by atoms with Crippen LogP contribution in [-0.2, 0) is 20.0 Å². The van der Waals surface area contributed by atoms with Gasteiger partial charge in [-0.1, -0.05) is 13.0 Å². The van der Waals surface area contributed by atoms with Crippen LogP contribution in [0.4, 0.5) is 0 Å². The molecule has 0 aromatic heterocycles. The highest BCUT2D eigenvalue weighted by atomic mass is 32.2. The molecule has 114 valence electrons. The summed E-state index contributed by atoms with van der Waals surface area (Å²) >= 11 is 0. The minimum Gasteiger partial charge on any atom is -0.389 e. The second kappa shape index (κ2) is 5.78. The molecule has 0 spiro atoms. The van der Waals surface area contributed by atoms with Gasteiger partial charge in [0.05, 0.1) is 15.4 Å². The first-order chi connectivity index (χ1) is 8.98. The Kier molecular flexibility index (Phi) is 4.93. The smallest absolute Gasteiger partial charge is 0.240 e. The lowest BCUT2D eigenvalue weighted by atomic mass is 10.1. The number of hydrogen-bond acceptors (Lipinski definition) is 5. The second-order valence-electron chi connectivity index (χ2n) is 4.69. The molecule has 0 radical (unpaired) electrons. The fourth-order valence-corrected chi connectivity index (χ4v) is 3.12. The first kappa shape index (κ1) is 17.1. The standard InChI is InChI=1S/C11H18N2O5S2/c1-3-11(2,14)8-13-20(17,18)10-6-4-5-9(7-10)19(12,15)16/h4-7,13-14H,3,8H2,1-2H3,(H2,12,15,16). The Labute approximate surface area is 118 Å². The first-order valence-electron chi connectivity index (χ1n) is 5.83. The van der Waals surface area contributed by atoms with Crippen molar-refractivity contribution in [2.24, 2.45) is 5.14 Å². The summed E-state index contributed by atoms with van der Waals surface area (Å²) in [4.78, 5) is -0.515. The Morgan fingerprint density at radius 1 is 1.25 bits per heavy atom. The highest BCUT2D eigenvalue weighted by Gasteiger charge is 2.23. The molecule has 4 N–H and O–H groups in total.